The van der Waals surface area contributed by atoms with Crippen molar-refractivity contribution in [3.8, 4) is 0 Å². The van der Waals surface area contributed by atoms with Crippen LogP contribution in [0.15, 0.2) is 24.3 Å². The summed E-state index contributed by atoms with van der Waals surface area (Å²) in [7, 11) is 1.86. The van der Waals surface area contributed by atoms with Crippen LogP contribution in [0.3, 0.4) is 0 Å². The minimum atomic E-state index is -0.368. The lowest BCUT2D eigenvalue weighted by atomic mass is 10.1. The summed E-state index contributed by atoms with van der Waals surface area (Å²) in [5, 5.41) is 10.0. The van der Waals surface area contributed by atoms with Crippen LogP contribution in [0.5, 0.6) is 0 Å². The average molecular weight is 292 g/mol. The lowest BCUT2D eigenvalue weighted by molar-refractivity contribution is -0.121. The van der Waals surface area contributed by atoms with E-state index < -0.39 is 0 Å². The van der Waals surface area contributed by atoms with Crippen LogP contribution in [0, 0.1) is 11.7 Å². The Hall–Kier alpha value is -1.46. The first-order valence-electron chi connectivity index (χ1n) is 7.52. The molecule has 0 bridgehead atoms. The van der Waals surface area contributed by atoms with Crippen LogP contribution in [0.25, 0.3) is 0 Å². The van der Waals surface area contributed by atoms with E-state index in [4.69, 9.17) is 0 Å². The maximum atomic E-state index is 13.8. The van der Waals surface area contributed by atoms with E-state index in [-0.39, 0.29) is 23.9 Å². The second kappa shape index (κ2) is 5.73. The molecule has 1 aromatic rings. The first kappa shape index (κ1) is 14.5. The number of halogens is 1. The maximum Gasteiger partial charge on any atom is 0.244 e. The van der Waals surface area contributed by atoms with Crippen molar-refractivity contribution < 1.29 is 14.3 Å². The van der Waals surface area contributed by atoms with Crippen LogP contribution in [0.2, 0.25) is 0 Å². The number of likely N-dealkylation sites (N-methyl/N-ethyl adjacent to an activating group) is 1. The Labute approximate surface area is 124 Å². The summed E-state index contributed by atoms with van der Waals surface area (Å²) in [5.74, 6) is -0.0515. The molecule has 1 aromatic carbocycles. The quantitative estimate of drug-likeness (QED) is 0.897. The van der Waals surface area contributed by atoms with E-state index in [1.54, 1.807) is 18.2 Å². The summed E-state index contributed by atoms with van der Waals surface area (Å²) in [5.41, 5.74) is 0.348. The lowest BCUT2D eigenvalue weighted by Gasteiger charge is -2.26. The summed E-state index contributed by atoms with van der Waals surface area (Å²) < 4.78 is 13.8. The van der Waals surface area contributed by atoms with Crippen LogP contribution in [0.4, 0.5) is 10.1 Å². The van der Waals surface area contributed by atoms with Gasteiger partial charge in [-0.1, -0.05) is 12.1 Å². The highest BCUT2D eigenvalue weighted by molar-refractivity contribution is 5.99. The summed E-state index contributed by atoms with van der Waals surface area (Å²) in [6.07, 6.45) is 2.47. The number of nitrogens with zero attached hydrogens (tertiary/aromatic N) is 2. The minimum absolute atomic E-state index is 0.0782. The number of para-hydroxylation sites is 1. The number of rotatable bonds is 5. The molecular weight excluding hydrogens is 271 g/mol. The molecule has 0 radical (unpaired) electrons. The Morgan fingerprint density at radius 1 is 1.38 bits per heavy atom. The van der Waals surface area contributed by atoms with Crippen molar-refractivity contribution >= 4 is 11.6 Å². The monoisotopic (exact) mass is 292 g/mol. The van der Waals surface area contributed by atoms with Crippen molar-refractivity contribution in [3.63, 3.8) is 0 Å². The van der Waals surface area contributed by atoms with Crippen LogP contribution in [-0.4, -0.2) is 48.2 Å². The molecule has 1 saturated heterocycles. The number of carbonyl (C=O) groups is 1. The Balaban J connectivity index is 1.67. The number of carbonyl (C=O) groups excluding carboxylic acids is 1. The van der Waals surface area contributed by atoms with E-state index in [1.165, 1.54) is 11.0 Å². The van der Waals surface area contributed by atoms with Gasteiger partial charge in [0.25, 0.3) is 0 Å². The van der Waals surface area contributed by atoms with Gasteiger partial charge in [-0.2, -0.15) is 0 Å². The molecule has 1 N–H and O–H groups in total. The molecule has 1 amide bonds. The van der Waals surface area contributed by atoms with Gasteiger partial charge in [0.2, 0.25) is 5.91 Å². The minimum Gasteiger partial charge on any atom is -0.392 e. The molecule has 2 unspecified atom stereocenters. The van der Waals surface area contributed by atoms with Crippen molar-refractivity contribution in [1.29, 1.82) is 0 Å². The Morgan fingerprint density at radius 3 is 2.76 bits per heavy atom. The predicted molar refractivity (Wildman–Crippen MR) is 78.5 cm³/mol. The highest BCUT2D eigenvalue weighted by atomic mass is 19.1. The van der Waals surface area contributed by atoms with E-state index in [1.807, 2.05) is 11.9 Å². The van der Waals surface area contributed by atoms with Gasteiger partial charge in [-0.05, 0) is 44.4 Å². The molecule has 1 aliphatic carbocycles. The zero-order valence-corrected chi connectivity index (χ0v) is 12.2. The van der Waals surface area contributed by atoms with E-state index in [2.05, 4.69) is 0 Å². The number of hydrogen-bond donors (Lipinski definition) is 1. The third-order valence-electron chi connectivity index (χ3n) is 4.49. The van der Waals surface area contributed by atoms with Gasteiger partial charge in [0.1, 0.15) is 5.82 Å². The summed E-state index contributed by atoms with van der Waals surface area (Å²) in [4.78, 5) is 15.9. The third kappa shape index (κ3) is 2.94. The van der Waals surface area contributed by atoms with Gasteiger partial charge >= 0.3 is 0 Å². The second-order valence-corrected chi connectivity index (χ2v) is 6.09. The normalized spacial score (nSPS) is 23.9. The van der Waals surface area contributed by atoms with Crippen molar-refractivity contribution in [1.82, 2.24) is 4.90 Å². The summed E-state index contributed by atoms with van der Waals surface area (Å²) >= 11 is 0. The molecule has 0 aromatic heterocycles. The van der Waals surface area contributed by atoms with E-state index in [9.17, 15) is 14.3 Å². The van der Waals surface area contributed by atoms with E-state index in [0.29, 0.717) is 31.1 Å². The highest BCUT2D eigenvalue weighted by Crippen LogP contribution is 2.33. The Bertz CT molecular complexity index is 533. The van der Waals surface area contributed by atoms with E-state index >= 15 is 0 Å². The van der Waals surface area contributed by atoms with Gasteiger partial charge in [-0.3, -0.25) is 9.69 Å². The fourth-order valence-electron chi connectivity index (χ4n) is 3.04. The smallest absolute Gasteiger partial charge is 0.244 e. The van der Waals surface area contributed by atoms with Crippen LogP contribution in [0.1, 0.15) is 19.3 Å². The topological polar surface area (TPSA) is 43.8 Å². The molecule has 4 nitrogen and oxygen atoms in total. The van der Waals surface area contributed by atoms with Gasteiger partial charge in [0, 0.05) is 13.1 Å². The largest absolute Gasteiger partial charge is 0.392 e. The third-order valence-corrected chi connectivity index (χ3v) is 4.49. The zero-order valence-electron chi connectivity index (χ0n) is 12.2. The lowest BCUT2D eigenvalue weighted by Crippen LogP contribution is -2.43. The van der Waals surface area contributed by atoms with Crippen LogP contribution in [-0.2, 0) is 4.79 Å². The molecule has 2 atom stereocenters. The predicted octanol–water partition coefficient (Wildman–Crippen LogP) is 1.63. The highest BCUT2D eigenvalue weighted by Gasteiger charge is 2.38. The van der Waals surface area contributed by atoms with Crippen molar-refractivity contribution in [2.45, 2.75) is 31.4 Å². The molecule has 21 heavy (non-hydrogen) atoms. The Morgan fingerprint density at radius 2 is 2.10 bits per heavy atom. The van der Waals surface area contributed by atoms with Crippen molar-refractivity contribution in [2.75, 3.05) is 25.0 Å². The fraction of sp³-hybridized carbons (Fsp3) is 0.562. The number of anilines is 1. The fourth-order valence-corrected chi connectivity index (χ4v) is 3.04. The van der Waals surface area contributed by atoms with Crippen LogP contribution >= 0.6 is 0 Å². The molecule has 0 spiro atoms. The molecule has 114 valence electrons. The zero-order chi connectivity index (χ0) is 15.0. The van der Waals surface area contributed by atoms with Crippen LogP contribution < -0.4 is 4.90 Å². The summed E-state index contributed by atoms with van der Waals surface area (Å²) in [6, 6.07) is 6.10. The van der Waals surface area contributed by atoms with Gasteiger partial charge < -0.3 is 10.0 Å². The number of benzene rings is 1. The van der Waals surface area contributed by atoms with Gasteiger partial charge in [-0.15, -0.1) is 0 Å². The molecule has 2 aliphatic rings. The first-order chi connectivity index (χ1) is 10.1. The SMILES string of the molecule is CN(CC(O)C1CC1)C1CCN(c2ccccc2F)C1=O. The van der Waals surface area contributed by atoms with Gasteiger partial charge in [-0.25, -0.2) is 4.39 Å². The molecule has 1 saturated carbocycles. The Kier molecular flexibility index (Phi) is 3.95. The second-order valence-electron chi connectivity index (χ2n) is 6.09. The summed E-state index contributed by atoms with van der Waals surface area (Å²) in [6.45, 7) is 1.03. The van der Waals surface area contributed by atoms with Gasteiger partial charge in [0.05, 0.1) is 17.8 Å². The molecule has 5 heteroatoms. The first-order valence-corrected chi connectivity index (χ1v) is 7.52. The number of aliphatic hydroxyl groups is 1. The van der Waals surface area contributed by atoms with Gasteiger partial charge in [0.15, 0.2) is 0 Å². The standard InChI is InChI=1S/C16H21FN2O2/c1-18(10-15(20)11-6-7-11)14-8-9-19(16(14)21)13-5-3-2-4-12(13)17/h2-5,11,14-15,20H,6-10H2,1H3. The number of hydrogen-bond acceptors (Lipinski definition) is 3. The number of amides is 1. The molecular formula is C16H21FN2O2. The number of aliphatic hydroxyl groups excluding tert-OH is 1. The van der Waals surface area contributed by atoms with Crippen molar-refractivity contribution in [2.24, 2.45) is 5.92 Å². The maximum absolute atomic E-state index is 13.8. The van der Waals surface area contributed by atoms with Crippen molar-refractivity contribution in [3.05, 3.63) is 30.1 Å². The molecule has 1 aliphatic heterocycles. The van der Waals surface area contributed by atoms with E-state index in [0.717, 1.165) is 12.8 Å². The molecule has 1 heterocycles. The average Bonchev–Trinajstić information content (AvgIpc) is 3.23. The molecule has 2 fully saturated rings. The molecule has 3 rings (SSSR count).